The Hall–Kier alpha value is -1.79. The minimum absolute atomic E-state index is 0.0210. The predicted molar refractivity (Wildman–Crippen MR) is 63.6 cm³/mol. The van der Waals surface area contributed by atoms with Crippen molar-refractivity contribution in [2.24, 2.45) is 11.7 Å². The van der Waals surface area contributed by atoms with Gasteiger partial charge in [0.15, 0.2) is 0 Å². The molecule has 1 aliphatic rings. The average Bonchev–Trinajstić information content (AvgIpc) is 2.25. The summed E-state index contributed by atoms with van der Waals surface area (Å²) in [6.45, 7) is 0.509. The third-order valence-corrected chi connectivity index (χ3v) is 3.23. The van der Waals surface area contributed by atoms with Gasteiger partial charge in [-0.25, -0.2) is 4.98 Å². The number of anilines is 1. The van der Waals surface area contributed by atoms with E-state index in [1.807, 2.05) is 0 Å². The van der Waals surface area contributed by atoms with Gasteiger partial charge in [0.25, 0.3) is 5.91 Å². The number of aromatic nitrogens is 1. The Morgan fingerprint density at radius 1 is 1.42 bits per heavy atom. The number of amides is 1. The Morgan fingerprint density at radius 3 is 2.58 bits per heavy atom. The van der Waals surface area contributed by atoms with Crippen molar-refractivity contribution >= 4 is 11.7 Å². The summed E-state index contributed by atoms with van der Waals surface area (Å²) >= 11 is 0. The van der Waals surface area contributed by atoms with Gasteiger partial charge in [-0.05, 0) is 30.9 Å². The second kappa shape index (κ2) is 5.07. The molecule has 0 atom stereocenters. The third kappa shape index (κ3) is 3.15. The second-order valence-corrected chi connectivity index (χ2v) is 4.63. The molecule has 0 spiro atoms. The number of hydrogen-bond donors (Lipinski definition) is 2. The van der Waals surface area contributed by atoms with E-state index in [4.69, 9.17) is 5.73 Å². The van der Waals surface area contributed by atoms with Crippen molar-refractivity contribution in [3.63, 3.8) is 0 Å². The molecule has 1 aliphatic carbocycles. The van der Waals surface area contributed by atoms with Crippen LogP contribution in [0.15, 0.2) is 12.1 Å². The quantitative estimate of drug-likeness (QED) is 0.885. The molecule has 1 heterocycles. The zero-order valence-electron chi connectivity index (χ0n) is 10.1. The van der Waals surface area contributed by atoms with Crippen LogP contribution >= 0.6 is 0 Å². The zero-order valence-corrected chi connectivity index (χ0v) is 10.1. The van der Waals surface area contributed by atoms with E-state index in [2.05, 4.69) is 10.3 Å². The van der Waals surface area contributed by atoms with E-state index in [1.54, 1.807) is 0 Å². The van der Waals surface area contributed by atoms with Crippen molar-refractivity contribution in [3.05, 3.63) is 23.4 Å². The Kier molecular flexibility index (Phi) is 3.64. The number of carbonyl (C=O) groups is 1. The van der Waals surface area contributed by atoms with E-state index in [9.17, 15) is 18.0 Å². The number of rotatable bonds is 4. The van der Waals surface area contributed by atoms with Crippen molar-refractivity contribution in [3.8, 4) is 0 Å². The van der Waals surface area contributed by atoms with Crippen LogP contribution in [0.25, 0.3) is 0 Å². The third-order valence-electron chi connectivity index (χ3n) is 3.23. The highest BCUT2D eigenvalue weighted by Crippen LogP contribution is 2.30. The predicted octanol–water partition coefficient (Wildman–Crippen LogP) is 2.41. The number of alkyl halides is 3. The van der Waals surface area contributed by atoms with Crippen LogP contribution in [0.5, 0.6) is 0 Å². The van der Waals surface area contributed by atoms with Gasteiger partial charge in [-0.2, -0.15) is 13.2 Å². The molecule has 4 nitrogen and oxygen atoms in total. The van der Waals surface area contributed by atoms with Gasteiger partial charge in [-0.3, -0.25) is 4.79 Å². The van der Waals surface area contributed by atoms with Crippen molar-refractivity contribution < 1.29 is 18.0 Å². The van der Waals surface area contributed by atoms with Crippen LogP contribution in [0.4, 0.5) is 19.0 Å². The number of nitrogens with one attached hydrogen (secondary N) is 1. The van der Waals surface area contributed by atoms with Gasteiger partial charge in [-0.15, -0.1) is 0 Å². The monoisotopic (exact) mass is 273 g/mol. The van der Waals surface area contributed by atoms with E-state index in [1.165, 1.54) is 0 Å². The molecule has 1 aromatic rings. The SMILES string of the molecule is NC(=O)c1ccc(C(F)(F)F)nc1NCC1CCC1. The fourth-order valence-electron chi connectivity index (χ4n) is 1.89. The summed E-state index contributed by atoms with van der Waals surface area (Å²) in [5.74, 6) is -0.455. The van der Waals surface area contributed by atoms with Crippen molar-refractivity contribution in [1.29, 1.82) is 0 Å². The molecule has 104 valence electrons. The largest absolute Gasteiger partial charge is 0.433 e. The molecule has 3 N–H and O–H groups in total. The molecule has 19 heavy (non-hydrogen) atoms. The van der Waals surface area contributed by atoms with Crippen LogP contribution in [0, 0.1) is 5.92 Å². The molecule has 1 aromatic heterocycles. The molecule has 7 heteroatoms. The van der Waals surface area contributed by atoms with Crippen LogP contribution < -0.4 is 11.1 Å². The van der Waals surface area contributed by atoms with Gasteiger partial charge >= 0.3 is 6.18 Å². The van der Waals surface area contributed by atoms with Crippen LogP contribution in [0.2, 0.25) is 0 Å². The Bertz CT molecular complexity index is 484. The lowest BCUT2D eigenvalue weighted by Crippen LogP contribution is -2.24. The first-order valence-corrected chi connectivity index (χ1v) is 6.00. The number of nitrogens with zero attached hydrogens (tertiary/aromatic N) is 1. The van der Waals surface area contributed by atoms with Gasteiger partial charge in [0.1, 0.15) is 11.5 Å². The summed E-state index contributed by atoms with van der Waals surface area (Å²) < 4.78 is 37.7. The van der Waals surface area contributed by atoms with E-state index in [0.29, 0.717) is 12.5 Å². The molecule has 0 saturated heterocycles. The highest BCUT2D eigenvalue weighted by Gasteiger charge is 2.33. The lowest BCUT2D eigenvalue weighted by Gasteiger charge is -2.26. The molecule has 1 fully saturated rings. The normalized spacial score (nSPS) is 15.9. The van der Waals surface area contributed by atoms with E-state index >= 15 is 0 Å². The molecule has 0 unspecified atom stereocenters. The maximum absolute atomic E-state index is 12.6. The van der Waals surface area contributed by atoms with Gasteiger partial charge in [0, 0.05) is 6.54 Å². The molecular formula is C12H14F3N3O. The number of pyridine rings is 1. The molecule has 0 bridgehead atoms. The Labute approximate surface area is 108 Å². The van der Waals surface area contributed by atoms with Crippen LogP contribution in [0.1, 0.15) is 35.3 Å². The Morgan fingerprint density at radius 2 is 2.11 bits per heavy atom. The number of halogens is 3. The number of hydrogen-bond acceptors (Lipinski definition) is 3. The fraction of sp³-hybridized carbons (Fsp3) is 0.500. The van der Waals surface area contributed by atoms with Crippen molar-refractivity contribution in [2.75, 3.05) is 11.9 Å². The Balaban J connectivity index is 2.22. The maximum Gasteiger partial charge on any atom is 0.433 e. The molecule has 0 aromatic carbocycles. The summed E-state index contributed by atoms with van der Waals surface area (Å²) in [5.41, 5.74) is 4.07. The van der Waals surface area contributed by atoms with E-state index < -0.39 is 17.8 Å². The molecule has 2 rings (SSSR count). The van der Waals surface area contributed by atoms with Gasteiger partial charge in [0.05, 0.1) is 5.56 Å². The van der Waals surface area contributed by atoms with Crippen molar-refractivity contribution in [2.45, 2.75) is 25.4 Å². The summed E-state index contributed by atoms with van der Waals surface area (Å²) in [6, 6.07) is 1.82. The first-order chi connectivity index (χ1) is 8.88. The lowest BCUT2D eigenvalue weighted by molar-refractivity contribution is -0.141. The molecule has 0 aliphatic heterocycles. The highest BCUT2D eigenvalue weighted by molar-refractivity contribution is 5.97. The summed E-state index contributed by atoms with van der Waals surface area (Å²) in [7, 11) is 0. The standard InChI is InChI=1S/C12H14F3N3O/c13-12(14,15)9-5-4-8(10(16)19)11(18-9)17-6-7-2-1-3-7/h4-5,7H,1-3,6H2,(H2,16,19)(H,17,18). The van der Waals surface area contributed by atoms with Crippen LogP contribution in [-0.4, -0.2) is 17.4 Å². The summed E-state index contributed by atoms with van der Waals surface area (Å²) in [5, 5.41) is 2.80. The highest BCUT2D eigenvalue weighted by atomic mass is 19.4. The molecule has 1 saturated carbocycles. The minimum atomic E-state index is -4.54. The zero-order chi connectivity index (χ0) is 14.0. The molecular weight excluding hydrogens is 259 g/mol. The topological polar surface area (TPSA) is 68.0 Å². The van der Waals surface area contributed by atoms with Gasteiger partial charge in [0.2, 0.25) is 0 Å². The van der Waals surface area contributed by atoms with Gasteiger partial charge in [-0.1, -0.05) is 6.42 Å². The maximum atomic E-state index is 12.6. The summed E-state index contributed by atoms with van der Waals surface area (Å²) in [6.07, 6.45) is -1.33. The molecule has 1 amide bonds. The number of carbonyl (C=O) groups excluding carboxylic acids is 1. The van der Waals surface area contributed by atoms with E-state index in [0.717, 1.165) is 31.4 Å². The van der Waals surface area contributed by atoms with Crippen molar-refractivity contribution in [1.82, 2.24) is 4.98 Å². The number of primary amides is 1. The molecule has 0 radical (unpaired) electrons. The average molecular weight is 273 g/mol. The first-order valence-electron chi connectivity index (χ1n) is 6.00. The van der Waals surface area contributed by atoms with E-state index in [-0.39, 0.29) is 11.4 Å². The lowest BCUT2D eigenvalue weighted by atomic mass is 9.85. The first kappa shape index (κ1) is 13.6. The second-order valence-electron chi connectivity index (χ2n) is 4.63. The fourth-order valence-corrected chi connectivity index (χ4v) is 1.89. The van der Waals surface area contributed by atoms with Gasteiger partial charge < -0.3 is 11.1 Å². The minimum Gasteiger partial charge on any atom is -0.369 e. The number of nitrogens with two attached hydrogens (primary N) is 1. The smallest absolute Gasteiger partial charge is 0.369 e. The van der Waals surface area contributed by atoms with Crippen LogP contribution in [-0.2, 0) is 6.18 Å². The summed E-state index contributed by atoms with van der Waals surface area (Å²) in [4.78, 5) is 14.6. The van der Waals surface area contributed by atoms with Crippen LogP contribution in [0.3, 0.4) is 0 Å².